The molecule has 1 aliphatic heterocycles. The van der Waals surface area contributed by atoms with Gasteiger partial charge in [-0.1, -0.05) is 6.07 Å². The van der Waals surface area contributed by atoms with E-state index in [0.29, 0.717) is 29.1 Å². The summed E-state index contributed by atoms with van der Waals surface area (Å²) >= 11 is 0. The number of fused-ring (bicyclic) bond motifs is 3. The van der Waals surface area contributed by atoms with Gasteiger partial charge in [-0.15, -0.1) is 0 Å². The molecule has 8 heteroatoms. The first kappa shape index (κ1) is 18.8. The molecular weight excluding hydrogens is 352 g/mol. The molecule has 1 aliphatic rings. The van der Waals surface area contributed by atoms with Crippen molar-refractivity contribution >= 4 is 34.9 Å². The highest BCUT2D eigenvalue weighted by Crippen LogP contribution is 2.41. The molecule has 0 saturated heterocycles. The number of esters is 2. The van der Waals surface area contributed by atoms with E-state index >= 15 is 0 Å². The van der Waals surface area contributed by atoms with E-state index in [9.17, 15) is 14.4 Å². The van der Waals surface area contributed by atoms with E-state index in [1.807, 2.05) is 6.07 Å². The number of benzene rings is 1. The normalized spacial score (nSPS) is 15.8. The summed E-state index contributed by atoms with van der Waals surface area (Å²) < 4.78 is 17.8. The number of aryl methyl sites for hydroxylation is 1. The molecule has 0 spiro atoms. The molecule has 0 fully saturated rings. The van der Waals surface area contributed by atoms with Gasteiger partial charge in [0.05, 0.1) is 37.4 Å². The largest absolute Gasteiger partial charge is 0.484 e. The number of hydrogen-bond acceptors (Lipinski definition) is 6. The molecule has 1 unspecified atom stereocenters. The molecule has 2 aromatic rings. The summed E-state index contributed by atoms with van der Waals surface area (Å²) in [6.07, 6.45) is 0.206. The van der Waals surface area contributed by atoms with E-state index in [0.717, 1.165) is 5.39 Å². The van der Waals surface area contributed by atoms with Crippen LogP contribution in [0.25, 0.3) is 10.9 Å². The first-order chi connectivity index (χ1) is 13.0. The maximum atomic E-state index is 12.2. The maximum Gasteiger partial charge on any atom is 0.354 e. The lowest BCUT2D eigenvalue weighted by molar-refractivity contribution is -0.145. The van der Waals surface area contributed by atoms with Gasteiger partial charge in [0, 0.05) is 12.4 Å². The van der Waals surface area contributed by atoms with Gasteiger partial charge in [0.2, 0.25) is 6.41 Å². The highest BCUT2D eigenvalue weighted by atomic mass is 16.5. The van der Waals surface area contributed by atoms with Crippen molar-refractivity contribution < 1.29 is 28.6 Å². The van der Waals surface area contributed by atoms with Gasteiger partial charge in [-0.2, -0.15) is 0 Å². The van der Waals surface area contributed by atoms with Gasteiger partial charge in [0.15, 0.2) is 5.75 Å². The van der Waals surface area contributed by atoms with Gasteiger partial charge in [-0.25, -0.2) is 4.79 Å². The first-order valence-corrected chi connectivity index (χ1v) is 8.83. The number of ether oxygens (including phenoxy) is 3. The SMILES string of the molecule is CCOC(=O)CC1CN(C=O)c2ccc3cc(C(=O)OCC)n(C)c3c2O1. The Morgan fingerprint density at radius 2 is 2.00 bits per heavy atom. The van der Waals surface area contributed by atoms with Crippen LogP contribution in [-0.2, 0) is 26.1 Å². The summed E-state index contributed by atoms with van der Waals surface area (Å²) in [5.41, 5.74) is 1.64. The van der Waals surface area contributed by atoms with Crippen molar-refractivity contribution in [2.75, 3.05) is 24.7 Å². The molecule has 144 valence electrons. The van der Waals surface area contributed by atoms with Crippen LogP contribution in [-0.4, -0.2) is 48.8 Å². The van der Waals surface area contributed by atoms with Crippen LogP contribution >= 0.6 is 0 Å². The zero-order valence-corrected chi connectivity index (χ0v) is 15.6. The van der Waals surface area contributed by atoms with Crippen LogP contribution in [0.15, 0.2) is 18.2 Å². The van der Waals surface area contributed by atoms with Gasteiger partial charge in [-0.3, -0.25) is 9.59 Å². The van der Waals surface area contributed by atoms with Crippen molar-refractivity contribution in [3.63, 3.8) is 0 Å². The molecule has 27 heavy (non-hydrogen) atoms. The van der Waals surface area contributed by atoms with Crippen LogP contribution in [0.2, 0.25) is 0 Å². The highest BCUT2D eigenvalue weighted by molar-refractivity contribution is 6.01. The van der Waals surface area contributed by atoms with E-state index < -0.39 is 12.1 Å². The minimum absolute atomic E-state index is 0.0309. The standard InChI is InChI=1S/C19H22N2O6/c1-4-25-16(23)9-13-10-21(11-22)14-7-6-12-8-15(19(24)26-5-2)20(3)17(12)18(14)27-13/h6-8,11,13H,4-5,9-10H2,1-3H3. The molecule has 1 atom stereocenters. The van der Waals surface area contributed by atoms with Crippen molar-refractivity contribution in [2.45, 2.75) is 26.4 Å². The van der Waals surface area contributed by atoms with Crippen LogP contribution < -0.4 is 9.64 Å². The lowest BCUT2D eigenvalue weighted by atomic mass is 10.1. The van der Waals surface area contributed by atoms with Crippen LogP contribution in [0.5, 0.6) is 5.75 Å². The van der Waals surface area contributed by atoms with E-state index in [4.69, 9.17) is 14.2 Å². The third-order valence-electron chi connectivity index (χ3n) is 4.44. The number of rotatable bonds is 6. The van der Waals surface area contributed by atoms with Crippen molar-refractivity contribution in [3.8, 4) is 5.75 Å². The molecule has 0 N–H and O–H groups in total. The van der Waals surface area contributed by atoms with Gasteiger partial charge in [-0.05, 0) is 26.0 Å². The predicted molar refractivity (Wildman–Crippen MR) is 98.0 cm³/mol. The van der Waals surface area contributed by atoms with Gasteiger partial charge in [0.25, 0.3) is 0 Å². The second-order valence-corrected chi connectivity index (χ2v) is 6.17. The Kier molecular flexibility index (Phi) is 5.34. The summed E-state index contributed by atoms with van der Waals surface area (Å²) in [6.45, 7) is 4.28. The number of amides is 1. The first-order valence-electron chi connectivity index (χ1n) is 8.83. The molecule has 0 radical (unpaired) electrons. The molecule has 1 aromatic carbocycles. The van der Waals surface area contributed by atoms with Crippen molar-refractivity contribution in [1.29, 1.82) is 0 Å². The van der Waals surface area contributed by atoms with Crippen LogP contribution in [0.1, 0.15) is 30.8 Å². The van der Waals surface area contributed by atoms with Crippen molar-refractivity contribution in [3.05, 3.63) is 23.9 Å². The molecule has 1 amide bonds. The van der Waals surface area contributed by atoms with Crippen molar-refractivity contribution in [2.24, 2.45) is 7.05 Å². The van der Waals surface area contributed by atoms with Crippen molar-refractivity contribution in [1.82, 2.24) is 4.57 Å². The maximum absolute atomic E-state index is 12.2. The molecule has 0 bridgehead atoms. The average Bonchev–Trinajstić information content (AvgIpc) is 2.98. The monoisotopic (exact) mass is 374 g/mol. The number of nitrogens with zero attached hydrogens (tertiary/aromatic N) is 2. The topological polar surface area (TPSA) is 87.1 Å². The number of anilines is 1. The predicted octanol–water partition coefficient (Wildman–Crippen LogP) is 2.03. The zero-order chi connectivity index (χ0) is 19.6. The third-order valence-corrected chi connectivity index (χ3v) is 4.44. The fraction of sp³-hybridized carbons (Fsp3) is 0.421. The van der Waals surface area contributed by atoms with Gasteiger partial charge in [0.1, 0.15) is 11.8 Å². The molecule has 0 aliphatic carbocycles. The van der Waals surface area contributed by atoms with E-state index in [1.165, 1.54) is 4.90 Å². The third kappa shape index (κ3) is 3.47. The fourth-order valence-electron chi connectivity index (χ4n) is 3.28. The van der Waals surface area contributed by atoms with Crippen LogP contribution in [0, 0.1) is 0 Å². The Morgan fingerprint density at radius 3 is 2.67 bits per heavy atom. The second-order valence-electron chi connectivity index (χ2n) is 6.17. The van der Waals surface area contributed by atoms with E-state index in [1.54, 1.807) is 37.6 Å². The Labute approximate surface area is 156 Å². The Hall–Kier alpha value is -3.03. The Balaban J connectivity index is 2.04. The lowest BCUT2D eigenvalue weighted by Gasteiger charge is -2.32. The quantitative estimate of drug-likeness (QED) is 0.568. The molecule has 8 nitrogen and oxygen atoms in total. The minimum atomic E-state index is -0.534. The summed E-state index contributed by atoms with van der Waals surface area (Å²) in [5, 5.41) is 0.780. The average molecular weight is 374 g/mol. The molecular formula is C19H22N2O6. The number of carbonyl (C=O) groups excluding carboxylic acids is 3. The Bertz CT molecular complexity index is 888. The van der Waals surface area contributed by atoms with Crippen LogP contribution in [0.4, 0.5) is 5.69 Å². The fourth-order valence-corrected chi connectivity index (χ4v) is 3.28. The number of carbonyl (C=O) groups is 3. The zero-order valence-electron chi connectivity index (χ0n) is 15.6. The van der Waals surface area contributed by atoms with E-state index in [2.05, 4.69) is 0 Å². The number of hydrogen-bond donors (Lipinski definition) is 0. The van der Waals surface area contributed by atoms with Crippen LogP contribution in [0.3, 0.4) is 0 Å². The highest BCUT2D eigenvalue weighted by Gasteiger charge is 2.31. The summed E-state index contributed by atoms with van der Waals surface area (Å²) in [7, 11) is 1.73. The lowest BCUT2D eigenvalue weighted by Crippen LogP contribution is -2.40. The molecule has 2 heterocycles. The summed E-state index contributed by atoms with van der Waals surface area (Å²) in [6, 6.07) is 5.31. The summed E-state index contributed by atoms with van der Waals surface area (Å²) in [4.78, 5) is 37.1. The van der Waals surface area contributed by atoms with Gasteiger partial charge >= 0.3 is 11.9 Å². The molecule has 0 saturated carbocycles. The molecule has 3 rings (SSSR count). The molecule has 1 aromatic heterocycles. The van der Waals surface area contributed by atoms with E-state index in [-0.39, 0.29) is 32.1 Å². The smallest absolute Gasteiger partial charge is 0.354 e. The number of aromatic nitrogens is 1. The second kappa shape index (κ2) is 7.69. The minimum Gasteiger partial charge on any atom is -0.484 e. The Morgan fingerprint density at radius 1 is 1.26 bits per heavy atom. The summed E-state index contributed by atoms with van der Waals surface area (Å²) in [5.74, 6) is -0.364. The van der Waals surface area contributed by atoms with Gasteiger partial charge < -0.3 is 23.7 Å².